The fourth-order valence-electron chi connectivity index (χ4n) is 1.14. The Morgan fingerprint density at radius 2 is 1.69 bits per heavy atom. The number of rotatable bonds is 10. The van der Waals surface area contributed by atoms with Crippen LogP contribution in [-0.2, 0) is 4.74 Å². The summed E-state index contributed by atoms with van der Waals surface area (Å²) in [5.74, 6) is 0. The van der Waals surface area contributed by atoms with Crippen LogP contribution in [-0.4, -0.2) is 31.2 Å². The molecule has 80 valence electrons. The van der Waals surface area contributed by atoms with Gasteiger partial charge in [0.2, 0.25) is 0 Å². The Bertz CT molecular complexity index is 81.0. The first-order chi connectivity index (χ1) is 6.41. The van der Waals surface area contributed by atoms with Crippen LogP contribution in [0.15, 0.2) is 0 Å². The van der Waals surface area contributed by atoms with Crippen molar-refractivity contribution in [3.63, 3.8) is 0 Å². The average Bonchev–Trinajstić information content (AvgIpc) is 2.16. The van der Waals surface area contributed by atoms with Gasteiger partial charge in [-0.15, -0.1) is 0 Å². The number of unbranched alkanes of at least 4 members (excludes halogenated alkanes) is 3. The molecule has 0 aromatic heterocycles. The van der Waals surface area contributed by atoms with Crippen molar-refractivity contribution in [2.45, 2.75) is 32.1 Å². The highest BCUT2D eigenvalue weighted by molar-refractivity contribution is 14.1. The zero-order chi connectivity index (χ0) is 9.78. The molecule has 0 amide bonds. The molecule has 0 aliphatic rings. The summed E-state index contributed by atoms with van der Waals surface area (Å²) in [5.41, 5.74) is 0. The Kier molecular flexibility index (Phi) is 13.3. The summed E-state index contributed by atoms with van der Waals surface area (Å²) in [6, 6.07) is 0. The quantitative estimate of drug-likeness (QED) is 0.380. The summed E-state index contributed by atoms with van der Waals surface area (Å²) in [7, 11) is 1.76. The lowest BCUT2D eigenvalue weighted by molar-refractivity contribution is 0.192. The molecule has 0 aromatic rings. The molecule has 0 radical (unpaired) electrons. The van der Waals surface area contributed by atoms with E-state index >= 15 is 0 Å². The summed E-state index contributed by atoms with van der Waals surface area (Å²) in [4.78, 5) is 0. The van der Waals surface area contributed by atoms with Gasteiger partial charge >= 0.3 is 0 Å². The molecule has 0 fully saturated rings. The summed E-state index contributed by atoms with van der Waals surface area (Å²) in [6.45, 7) is 3.23. The van der Waals surface area contributed by atoms with Crippen molar-refractivity contribution in [2.24, 2.45) is 0 Å². The van der Waals surface area contributed by atoms with E-state index in [1.807, 2.05) is 0 Å². The summed E-state index contributed by atoms with van der Waals surface area (Å²) < 4.78 is 6.27. The van der Waals surface area contributed by atoms with Gasteiger partial charge in [0.15, 0.2) is 0 Å². The first-order valence-corrected chi connectivity index (χ1v) is 6.70. The lowest BCUT2D eigenvalue weighted by Crippen LogP contribution is -2.16. The van der Waals surface area contributed by atoms with E-state index in [2.05, 4.69) is 27.9 Å². The summed E-state index contributed by atoms with van der Waals surface area (Å²) in [5, 5.41) is 3.45. The molecular weight excluding hydrogens is 277 g/mol. The van der Waals surface area contributed by atoms with Crippen molar-refractivity contribution in [1.82, 2.24) is 5.32 Å². The molecule has 0 bridgehead atoms. The Hall–Kier alpha value is 0.650. The van der Waals surface area contributed by atoms with E-state index < -0.39 is 0 Å². The minimum absolute atomic E-state index is 0.899. The predicted octanol–water partition coefficient (Wildman–Crippen LogP) is 2.61. The molecule has 0 rings (SSSR count). The number of hydrogen-bond donors (Lipinski definition) is 1. The van der Waals surface area contributed by atoms with Crippen LogP contribution in [0, 0.1) is 0 Å². The Morgan fingerprint density at radius 1 is 1.00 bits per heavy atom. The maximum atomic E-state index is 4.97. The van der Waals surface area contributed by atoms with E-state index in [1.54, 1.807) is 7.11 Å². The van der Waals surface area contributed by atoms with Crippen LogP contribution in [0.5, 0.6) is 0 Å². The first kappa shape index (κ1) is 13.7. The third-order valence-electron chi connectivity index (χ3n) is 1.94. The third kappa shape index (κ3) is 12.6. The van der Waals surface area contributed by atoms with Crippen molar-refractivity contribution >= 4 is 22.6 Å². The van der Waals surface area contributed by atoms with E-state index in [-0.39, 0.29) is 0 Å². The van der Waals surface area contributed by atoms with Gasteiger partial charge in [-0.25, -0.2) is 0 Å². The molecule has 0 saturated carbocycles. The lowest BCUT2D eigenvalue weighted by atomic mass is 10.2. The molecule has 0 atom stereocenters. The molecule has 0 heterocycles. The SMILES string of the molecule is COCCCCNCCCCCI. The summed E-state index contributed by atoms with van der Waals surface area (Å²) >= 11 is 2.44. The standard InChI is InChI=1S/C10H22INO/c1-13-10-6-5-9-12-8-4-2-3-7-11/h12H,2-10H2,1H3. The molecule has 1 N–H and O–H groups in total. The largest absolute Gasteiger partial charge is 0.385 e. The van der Waals surface area contributed by atoms with Crippen molar-refractivity contribution in [1.29, 1.82) is 0 Å². The number of hydrogen-bond acceptors (Lipinski definition) is 2. The van der Waals surface area contributed by atoms with Gasteiger partial charge < -0.3 is 10.1 Å². The van der Waals surface area contributed by atoms with Crippen LogP contribution in [0.2, 0.25) is 0 Å². The zero-order valence-corrected chi connectivity index (χ0v) is 10.8. The Labute approximate surface area is 95.9 Å². The van der Waals surface area contributed by atoms with Crippen LogP contribution in [0.25, 0.3) is 0 Å². The van der Waals surface area contributed by atoms with Crippen LogP contribution in [0.1, 0.15) is 32.1 Å². The predicted molar refractivity (Wildman–Crippen MR) is 66.7 cm³/mol. The highest BCUT2D eigenvalue weighted by Crippen LogP contribution is 1.97. The van der Waals surface area contributed by atoms with E-state index in [0.717, 1.165) is 13.2 Å². The molecule has 0 saturated heterocycles. The number of methoxy groups -OCH3 is 1. The second kappa shape index (κ2) is 12.7. The number of alkyl halides is 1. The van der Waals surface area contributed by atoms with Crippen LogP contribution in [0.4, 0.5) is 0 Å². The maximum absolute atomic E-state index is 4.97. The normalized spacial score (nSPS) is 10.6. The van der Waals surface area contributed by atoms with Gasteiger partial charge in [0.1, 0.15) is 0 Å². The van der Waals surface area contributed by atoms with Crippen molar-refractivity contribution < 1.29 is 4.74 Å². The topological polar surface area (TPSA) is 21.3 Å². The number of nitrogens with one attached hydrogen (secondary N) is 1. The highest BCUT2D eigenvalue weighted by Gasteiger charge is 1.89. The molecule has 3 heteroatoms. The minimum Gasteiger partial charge on any atom is -0.385 e. The Balaban J connectivity index is 2.76. The highest BCUT2D eigenvalue weighted by atomic mass is 127. The maximum Gasteiger partial charge on any atom is 0.0462 e. The van der Waals surface area contributed by atoms with Gasteiger partial charge in [0.05, 0.1) is 0 Å². The van der Waals surface area contributed by atoms with Crippen molar-refractivity contribution in [2.75, 3.05) is 31.2 Å². The molecule has 2 nitrogen and oxygen atoms in total. The smallest absolute Gasteiger partial charge is 0.0462 e. The average molecular weight is 299 g/mol. The second-order valence-electron chi connectivity index (χ2n) is 3.20. The minimum atomic E-state index is 0.899. The van der Waals surface area contributed by atoms with Crippen molar-refractivity contribution in [3.8, 4) is 0 Å². The lowest BCUT2D eigenvalue weighted by Gasteiger charge is -2.03. The van der Waals surface area contributed by atoms with Gasteiger partial charge in [0, 0.05) is 13.7 Å². The van der Waals surface area contributed by atoms with Crippen molar-refractivity contribution in [3.05, 3.63) is 0 Å². The fraction of sp³-hybridized carbons (Fsp3) is 1.00. The first-order valence-electron chi connectivity index (χ1n) is 5.17. The van der Waals surface area contributed by atoms with E-state index in [1.165, 1.54) is 43.1 Å². The van der Waals surface area contributed by atoms with E-state index in [9.17, 15) is 0 Å². The van der Waals surface area contributed by atoms with Crippen LogP contribution in [0.3, 0.4) is 0 Å². The van der Waals surface area contributed by atoms with E-state index in [4.69, 9.17) is 4.74 Å². The molecule has 0 spiro atoms. The zero-order valence-electron chi connectivity index (χ0n) is 8.65. The van der Waals surface area contributed by atoms with Crippen LogP contribution >= 0.6 is 22.6 Å². The number of ether oxygens (including phenoxy) is 1. The van der Waals surface area contributed by atoms with E-state index in [0.29, 0.717) is 0 Å². The van der Waals surface area contributed by atoms with Gasteiger partial charge in [-0.2, -0.15) is 0 Å². The Morgan fingerprint density at radius 3 is 2.31 bits per heavy atom. The van der Waals surface area contributed by atoms with Gasteiger partial charge in [-0.1, -0.05) is 29.0 Å². The molecule has 0 aliphatic heterocycles. The summed E-state index contributed by atoms with van der Waals surface area (Å²) in [6.07, 6.45) is 6.48. The molecule has 0 aliphatic carbocycles. The second-order valence-corrected chi connectivity index (χ2v) is 4.28. The molecule has 13 heavy (non-hydrogen) atoms. The molecule has 0 unspecified atom stereocenters. The van der Waals surface area contributed by atoms with Gasteiger partial charge in [-0.3, -0.25) is 0 Å². The van der Waals surface area contributed by atoms with Gasteiger partial charge in [-0.05, 0) is 43.2 Å². The third-order valence-corrected chi connectivity index (χ3v) is 2.70. The molecule has 0 aromatic carbocycles. The molecular formula is C10H22INO. The number of halogens is 1. The fourth-order valence-corrected chi connectivity index (χ4v) is 1.68. The monoisotopic (exact) mass is 299 g/mol. The van der Waals surface area contributed by atoms with Crippen LogP contribution < -0.4 is 5.32 Å². The van der Waals surface area contributed by atoms with Gasteiger partial charge in [0.25, 0.3) is 0 Å².